The van der Waals surface area contributed by atoms with Crippen molar-refractivity contribution in [1.29, 1.82) is 0 Å². The third-order valence-electron chi connectivity index (χ3n) is 1.94. The first kappa shape index (κ1) is 12.2. The van der Waals surface area contributed by atoms with Gasteiger partial charge in [-0.2, -0.15) is 4.37 Å². The quantitative estimate of drug-likeness (QED) is 0.681. The summed E-state index contributed by atoms with van der Waals surface area (Å²) in [7, 11) is 0. The van der Waals surface area contributed by atoms with Gasteiger partial charge in [-0.3, -0.25) is 0 Å². The Morgan fingerprint density at radius 3 is 2.72 bits per heavy atom. The van der Waals surface area contributed by atoms with E-state index in [2.05, 4.69) is 4.37 Å². The third kappa shape index (κ3) is 2.69. The van der Waals surface area contributed by atoms with E-state index in [1.807, 2.05) is 0 Å². The third-order valence-corrected chi connectivity index (χ3v) is 2.71. The van der Waals surface area contributed by atoms with Gasteiger partial charge in [0, 0.05) is 6.07 Å². The predicted octanol–water partition coefficient (Wildman–Crippen LogP) is 2.20. The molecule has 1 N–H and O–H groups in total. The summed E-state index contributed by atoms with van der Waals surface area (Å²) in [6, 6.07) is 6.19. The molecule has 0 aliphatic rings. The van der Waals surface area contributed by atoms with Gasteiger partial charge in [0.25, 0.3) is 0 Å². The van der Waals surface area contributed by atoms with E-state index in [-0.39, 0.29) is 16.3 Å². The van der Waals surface area contributed by atoms with Crippen LogP contribution in [0.4, 0.5) is 4.39 Å². The number of aromatic nitrogens is 1. The first-order valence-corrected chi connectivity index (χ1v) is 5.51. The van der Waals surface area contributed by atoms with Crippen molar-refractivity contribution in [2.45, 2.75) is 0 Å². The number of aromatic carboxylic acids is 1. The van der Waals surface area contributed by atoms with Gasteiger partial charge in [-0.25, -0.2) is 14.0 Å². The zero-order valence-corrected chi connectivity index (χ0v) is 9.61. The maximum absolute atomic E-state index is 12.9. The molecule has 0 aliphatic carbocycles. The fourth-order valence-electron chi connectivity index (χ4n) is 1.16. The Balaban J connectivity index is 2.14. The number of carboxylic acid groups (broad SMARTS) is 1. The fourth-order valence-corrected chi connectivity index (χ4v) is 1.77. The Morgan fingerprint density at radius 1 is 1.33 bits per heavy atom. The Morgan fingerprint density at radius 2 is 2.11 bits per heavy atom. The zero-order valence-electron chi connectivity index (χ0n) is 8.79. The van der Waals surface area contributed by atoms with E-state index in [0.717, 1.165) is 12.1 Å². The Bertz CT molecular complexity index is 611. The summed E-state index contributed by atoms with van der Waals surface area (Å²) >= 11 is 0.710. The molecule has 0 bridgehead atoms. The summed E-state index contributed by atoms with van der Waals surface area (Å²) < 4.78 is 21.3. The van der Waals surface area contributed by atoms with Gasteiger partial charge in [0.2, 0.25) is 0 Å². The molecule has 0 radical (unpaired) electrons. The molecule has 7 heteroatoms. The van der Waals surface area contributed by atoms with Crippen LogP contribution < -0.4 is 4.74 Å². The largest absolute Gasteiger partial charge is 0.476 e. The van der Waals surface area contributed by atoms with Crippen molar-refractivity contribution < 1.29 is 23.8 Å². The predicted molar refractivity (Wildman–Crippen MR) is 60.4 cm³/mol. The van der Waals surface area contributed by atoms with Crippen LogP contribution in [0, 0.1) is 5.82 Å². The first-order chi connectivity index (χ1) is 8.56. The first-order valence-electron chi connectivity index (χ1n) is 4.74. The molecule has 0 unspecified atom stereocenters. The Hall–Kier alpha value is -2.28. The van der Waals surface area contributed by atoms with Crippen molar-refractivity contribution in [2.24, 2.45) is 0 Å². The van der Waals surface area contributed by atoms with Crippen molar-refractivity contribution in [2.75, 3.05) is 0 Å². The van der Waals surface area contributed by atoms with Crippen molar-refractivity contribution >= 4 is 23.5 Å². The van der Waals surface area contributed by atoms with E-state index in [0.29, 0.717) is 11.5 Å². The second kappa shape index (κ2) is 4.92. The number of hydrogen-bond acceptors (Lipinski definition) is 5. The van der Waals surface area contributed by atoms with Gasteiger partial charge in [0.15, 0.2) is 5.69 Å². The number of ether oxygens (including phenoxy) is 1. The summed E-state index contributed by atoms with van der Waals surface area (Å²) in [6.45, 7) is 0. The number of carboxylic acids is 1. The summed E-state index contributed by atoms with van der Waals surface area (Å²) in [5, 5.41) is 8.65. The number of benzene rings is 1. The van der Waals surface area contributed by atoms with Gasteiger partial charge < -0.3 is 9.84 Å². The smallest absolute Gasteiger partial charge is 0.355 e. The molecule has 0 saturated carbocycles. The molecular weight excluding hydrogens is 261 g/mol. The Kier molecular flexibility index (Phi) is 3.33. The minimum absolute atomic E-state index is 0.0386. The highest BCUT2D eigenvalue weighted by Gasteiger charge is 2.16. The Labute approximate surface area is 105 Å². The molecule has 0 atom stereocenters. The number of hydrogen-bond donors (Lipinski definition) is 1. The van der Waals surface area contributed by atoms with Crippen molar-refractivity contribution in [1.82, 2.24) is 4.37 Å². The minimum atomic E-state index is -1.23. The van der Waals surface area contributed by atoms with E-state index in [9.17, 15) is 14.0 Å². The van der Waals surface area contributed by atoms with Crippen LogP contribution in [0.15, 0.2) is 30.3 Å². The van der Waals surface area contributed by atoms with Crippen LogP contribution in [-0.4, -0.2) is 21.4 Å². The van der Waals surface area contributed by atoms with Crippen LogP contribution in [-0.2, 0) is 0 Å². The monoisotopic (exact) mass is 267 g/mol. The number of rotatable bonds is 3. The molecule has 5 nitrogen and oxygen atoms in total. The second-order valence-electron chi connectivity index (χ2n) is 3.23. The van der Waals surface area contributed by atoms with Gasteiger partial charge in [0.1, 0.15) is 16.4 Å². The lowest BCUT2D eigenvalue weighted by Gasteiger charge is -2.01. The van der Waals surface area contributed by atoms with E-state index in [4.69, 9.17) is 9.84 Å². The highest BCUT2D eigenvalue weighted by molar-refractivity contribution is 7.08. The van der Waals surface area contributed by atoms with E-state index >= 15 is 0 Å². The molecule has 92 valence electrons. The summed E-state index contributed by atoms with van der Waals surface area (Å²) in [5.74, 6) is -2.48. The summed E-state index contributed by atoms with van der Waals surface area (Å²) in [6.07, 6.45) is 0. The van der Waals surface area contributed by atoms with Gasteiger partial charge in [-0.05, 0) is 29.7 Å². The number of carbonyl (C=O) groups excluding carboxylic acids is 1. The molecular formula is C11H6FNO4S. The highest BCUT2D eigenvalue weighted by atomic mass is 32.1. The molecule has 2 rings (SSSR count). The lowest BCUT2D eigenvalue weighted by Crippen LogP contribution is -2.06. The van der Waals surface area contributed by atoms with Crippen LogP contribution in [0.5, 0.6) is 5.75 Å². The standard InChI is InChI=1S/C11H6FNO4S/c12-6-2-1-3-7(4-6)17-11(16)9-5-8(10(14)15)13-18-9/h1-5H,(H,14,15). The van der Waals surface area contributed by atoms with Crippen LogP contribution >= 0.6 is 11.5 Å². The van der Waals surface area contributed by atoms with Crippen LogP contribution in [0.25, 0.3) is 0 Å². The molecule has 18 heavy (non-hydrogen) atoms. The molecule has 1 aromatic heterocycles. The van der Waals surface area contributed by atoms with Crippen molar-refractivity contribution in [3.05, 3.63) is 46.7 Å². The molecule has 0 amide bonds. The topological polar surface area (TPSA) is 76.5 Å². The zero-order chi connectivity index (χ0) is 13.1. The minimum Gasteiger partial charge on any atom is -0.476 e. The molecule has 0 fully saturated rings. The molecule has 0 saturated heterocycles. The van der Waals surface area contributed by atoms with Crippen LogP contribution in [0.2, 0.25) is 0 Å². The normalized spacial score (nSPS) is 10.1. The molecule has 0 spiro atoms. The second-order valence-corrected chi connectivity index (χ2v) is 4.03. The van der Waals surface area contributed by atoms with Crippen LogP contribution in [0.1, 0.15) is 20.2 Å². The molecule has 1 aromatic carbocycles. The van der Waals surface area contributed by atoms with E-state index in [1.54, 1.807) is 0 Å². The average Bonchev–Trinajstić information content (AvgIpc) is 2.78. The number of carbonyl (C=O) groups is 2. The average molecular weight is 267 g/mol. The maximum Gasteiger partial charge on any atom is 0.355 e. The maximum atomic E-state index is 12.9. The highest BCUT2D eigenvalue weighted by Crippen LogP contribution is 2.16. The van der Waals surface area contributed by atoms with Gasteiger partial charge >= 0.3 is 11.9 Å². The van der Waals surface area contributed by atoms with Crippen molar-refractivity contribution in [3.8, 4) is 5.75 Å². The number of esters is 1. The van der Waals surface area contributed by atoms with E-state index < -0.39 is 17.8 Å². The number of nitrogens with zero attached hydrogens (tertiary/aromatic N) is 1. The molecule has 0 aliphatic heterocycles. The van der Waals surface area contributed by atoms with E-state index in [1.165, 1.54) is 18.2 Å². The lowest BCUT2D eigenvalue weighted by atomic mass is 10.3. The summed E-state index contributed by atoms with van der Waals surface area (Å²) in [4.78, 5) is 22.2. The summed E-state index contributed by atoms with van der Waals surface area (Å²) in [5.41, 5.74) is -0.230. The van der Waals surface area contributed by atoms with Gasteiger partial charge in [-0.15, -0.1) is 0 Å². The molecule has 2 aromatic rings. The van der Waals surface area contributed by atoms with Crippen molar-refractivity contribution in [3.63, 3.8) is 0 Å². The van der Waals surface area contributed by atoms with Crippen LogP contribution in [0.3, 0.4) is 0 Å². The SMILES string of the molecule is O=C(O)c1cc(C(=O)Oc2cccc(F)c2)sn1. The van der Waals surface area contributed by atoms with Gasteiger partial charge in [0.05, 0.1) is 0 Å². The molecule has 1 heterocycles. The fraction of sp³-hybridized carbons (Fsp3) is 0. The number of halogens is 1. The lowest BCUT2D eigenvalue weighted by molar-refractivity contribution is 0.0691. The van der Waals surface area contributed by atoms with Gasteiger partial charge in [-0.1, -0.05) is 6.07 Å².